The molecule has 1 atom stereocenters. The van der Waals surface area contributed by atoms with Crippen LogP contribution in [-0.4, -0.2) is 43.7 Å². The standard InChI is InChI=1S/C29H30F3N5O3/c1-15-12-20(13-16(2)23(15)40-4)27-36-25-22(37(27)14-18-8-10-21(11-9-18)29(30,31)32)24(34-26(35-25)28(38)39)33-17(3)19-6-5-7-19/h8-13,17,19H,5-7,14H2,1-4H3,(H,38,39)(H,33,34,35). The maximum atomic E-state index is 13.2. The van der Waals surface area contributed by atoms with Gasteiger partial charge < -0.3 is 19.7 Å². The van der Waals surface area contributed by atoms with Crippen molar-refractivity contribution in [3.05, 3.63) is 64.5 Å². The van der Waals surface area contributed by atoms with Crippen LogP contribution in [0.2, 0.25) is 0 Å². The first-order valence-electron chi connectivity index (χ1n) is 13.1. The Bertz CT molecular complexity index is 1550. The molecule has 0 radical (unpaired) electrons. The molecule has 4 aromatic rings. The number of anilines is 1. The van der Waals surface area contributed by atoms with E-state index in [0.717, 1.165) is 53.8 Å². The number of benzene rings is 2. The van der Waals surface area contributed by atoms with Crippen LogP contribution in [-0.2, 0) is 12.7 Å². The molecule has 2 heterocycles. The largest absolute Gasteiger partial charge is 0.496 e. The zero-order valence-corrected chi connectivity index (χ0v) is 22.6. The minimum Gasteiger partial charge on any atom is -0.496 e. The summed E-state index contributed by atoms with van der Waals surface area (Å²) in [6.45, 7) is 6.02. The third-order valence-corrected chi connectivity index (χ3v) is 7.56. The van der Waals surface area contributed by atoms with Crippen LogP contribution in [0, 0.1) is 19.8 Å². The Morgan fingerprint density at radius 2 is 1.77 bits per heavy atom. The summed E-state index contributed by atoms with van der Waals surface area (Å²) < 4.78 is 47.0. The minimum absolute atomic E-state index is 0.0249. The number of alkyl halides is 3. The van der Waals surface area contributed by atoms with Gasteiger partial charge in [0.05, 0.1) is 12.7 Å². The zero-order valence-electron chi connectivity index (χ0n) is 22.6. The summed E-state index contributed by atoms with van der Waals surface area (Å²) in [6.07, 6.45) is -1.18. The van der Waals surface area contributed by atoms with Crippen LogP contribution in [0.1, 0.15) is 59.1 Å². The van der Waals surface area contributed by atoms with E-state index in [1.54, 1.807) is 7.11 Å². The lowest BCUT2D eigenvalue weighted by Gasteiger charge is -2.32. The van der Waals surface area contributed by atoms with Crippen LogP contribution in [0.25, 0.3) is 22.6 Å². The van der Waals surface area contributed by atoms with Crippen molar-refractivity contribution in [1.82, 2.24) is 19.5 Å². The van der Waals surface area contributed by atoms with E-state index in [0.29, 0.717) is 28.6 Å². The first-order valence-corrected chi connectivity index (χ1v) is 13.1. The zero-order chi connectivity index (χ0) is 28.8. The molecule has 8 nitrogen and oxygen atoms in total. The van der Waals surface area contributed by atoms with Crippen LogP contribution in [0.15, 0.2) is 36.4 Å². The summed E-state index contributed by atoms with van der Waals surface area (Å²) in [4.78, 5) is 25.3. The van der Waals surface area contributed by atoms with Crippen LogP contribution in [0.4, 0.5) is 19.0 Å². The number of nitrogens with zero attached hydrogens (tertiary/aromatic N) is 4. The van der Waals surface area contributed by atoms with Crippen LogP contribution >= 0.6 is 0 Å². The maximum absolute atomic E-state index is 13.2. The van der Waals surface area contributed by atoms with Crippen molar-refractivity contribution >= 4 is 23.0 Å². The highest BCUT2D eigenvalue weighted by molar-refractivity contribution is 5.92. The molecule has 1 fully saturated rings. The van der Waals surface area contributed by atoms with Crippen molar-refractivity contribution in [2.45, 2.75) is 58.8 Å². The highest BCUT2D eigenvalue weighted by Crippen LogP contribution is 2.36. The molecular weight excluding hydrogens is 523 g/mol. The van der Waals surface area contributed by atoms with Gasteiger partial charge in [-0.3, -0.25) is 0 Å². The van der Waals surface area contributed by atoms with Gasteiger partial charge >= 0.3 is 12.1 Å². The van der Waals surface area contributed by atoms with Gasteiger partial charge in [0.15, 0.2) is 11.5 Å². The lowest BCUT2D eigenvalue weighted by Crippen LogP contribution is -2.31. The number of carbonyl (C=O) groups is 1. The van der Waals surface area contributed by atoms with E-state index < -0.39 is 17.7 Å². The van der Waals surface area contributed by atoms with E-state index >= 15 is 0 Å². The summed E-state index contributed by atoms with van der Waals surface area (Å²) >= 11 is 0. The predicted molar refractivity (Wildman–Crippen MR) is 145 cm³/mol. The van der Waals surface area contributed by atoms with Crippen LogP contribution in [0.5, 0.6) is 5.75 Å². The Balaban J connectivity index is 1.71. The minimum atomic E-state index is -4.45. The molecule has 1 unspecified atom stereocenters. The number of fused-ring (bicyclic) bond motifs is 1. The molecule has 1 aliphatic rings. The quantitative estimate of drug-likeness (QED) is 0.257. The molecule has 0 spiro atoms. The molecule has 0 saturated heterocycles. The molecule has 2 N–H and O–H groups in total. The molecule has 0 amide bonds. The van der Waals surface area contributed by atoms with E-state index in [1.807, 2.05) is 37.5 Å². The Hall–Kier alpha value is -4.15. The SMILES string of the molecule is COc1c(C)cc(-c2nc3nc(C(=O)O)nc(NC(C)C4CCC4)c3n2Cc2ccc(C(F)(F)F)cc2)cc1C. The molecule has 1 aliphatic carbocycles. The van der Waals surface area contributed by atoms with Gasteiger partial charge in [-0.05, 0) is 80.5 Å². The van der Waals surface area contributed by atoms with Crippen molar-refractivity contribution in [1.29, 1.82) is 0 Å². The lowest BCUT2D eigenvalue weighted by atomic mass is 9.80. The topological polar surface area (TPSA) is 102 Å². The Kier molecular flexibility index (Phi) is 7.16. The average molecular weight is 554 g/mol. The number of carboxylic acid groups (broad SMARTS) is 1. The molecular formula is C29H30F3N5O3. The van der Waals surface area contributed by atoms with E-state index in [9.17, 15) is 23.1 Å². The van der Waals surface area contributed by atoms with Gasteiger partial charge in [0.25, 0.3) is 0 Å². The average Bonchev–Trinajstić information content (AvgIpc) is 3.21. The number of aromatic carboxylic acids is 1. The van der Waals surface area contributed by atoms with Crippen molar-refractivity contribution in [2.24, 2.45) is 5.92 Å². The summed E-state index contributed by atoms with van der Waals surface area (Å²) in [5.41, 5.74) is 3.02. The van der Waals surface area contributed by atoms with E-state index in [4.69, 9.17) is 9.72 Å². The monoisotopic (exact) mass is 553 g/mol. The first kappa shape index (κ1) is 27.4. The predicted octanol–water partition coefficient (Wildman–Crippen LogP) is 6.48. The molecule has 0 aliphatic heterocycles. The van der Waals surface area contributed by atoms with Crippen LogP contribution in [0.3, 0.4) is 0 Å². The van der Waals surface area contributed by atoms with Crippen LogP contribution < -0.4 is 10.1 Å². The van der Waals surface area contributed by atoms with Crippen molar-refractivity contribution in [3.63, 3.8) is 0 Å². The molecule has 210 valence electrons. The molecule has 1 saturated carbocycles. The Labute approximate surface area is 229 Å². The van der Waals surface area contributed by atoms with Gasteiger partial charge in [-0.2, -0.15) is 13.2 Å². The fraction of sp³-hybridized carbons (Fsp3) is 0.379. The molecule has 0 bridgehead atoms. The number of aromatic nitrogens is 4. The number of aryl methyl sites for hydroxylation is 2. The normalized spacial score (nSPS) is 14.7. The fourth-order valence-corrected chi connectivity index (χ4v) is 5.26. The molecule has 2 aromatic heterocycles. The fourth-order valence-electron chi connectivity index (χ4n) is 5.26. The summed E-state index contributed by atoms with van der Waals surface area (Å²) in [5, 5.41) is 13.1. The second-order valence-corrected chi connectivity index (χ2v) is 10.4. The van der Waals surface area contributed by atoms with Crippen molar-refractivity contribution in [2.75, 3.05) is 12.4 Å². The second-order valence-electron chi connectivity index (χ2n) is 10.4. The van der Waals surface area contributed by atoms with Gasteiger partial charge in [0.1, 0.15) is 17.1 Å². The number of hydrogen-bond donors (Lipinski definition) is 2. The highest BCUT2D eigenvalue weighted by atomic mass is 19.4. The van der Waals surface area contributed by atoms with Crippen molar-refractivity contribution in [3.8, 4) is 17.1 Å². The summed E-state index contributed by atoms with van der Waals surface area (Å²) in [5.74, 6) is 0.309. The molecule has 5 rings (SSSR count). The molecule has 2 aromatic carbocycles. The van der Waals surface area contributed by atoms with E-state index in [-0.39, 0.29) is 24.1 Å². The number of rotatable bonds is 8. The third kappa shape index (κ3) is 5.20. The smallest absolute Gasteiger partial charge is 0.416 e. The van der Waals surface area contributed by atoms with Gasteiger partial charge in [-0.25, -0.2) is 19.7 Å². The maximum Gasteiger partial charge on any atom is 0.416 e. The van der Waals surface area contributed by atoms with E-state index in [1.165, 1.54) is 12.1 Å². The second kappa shape index (κ2) is 10.4. The third-order valence-electron chi connectivity index (χ3n) is 7.56. The number of halogens is 3. The molecule has 11 heteroatoms. The number of imidazole rings is 1. The number of nitrogens with one attached hydrogen (secondary N) is 1. The first-order chi connectivity index (χ1) is 19.0. The van der Waals surface area contributed by atoms with Gasteiger partial charge in [0, 0.05) is 18.2 Å². The number of ether oxygens (including phenoxy) is 1. The van der Waals surface area contributed by atoms with E-state index in [2.05, 4.69) is 15.3 Å². The van der Waals surface area contributed by atoms with Gasteiger partial charge in [-0.1, -0.05) is 18.6 Å². The molecule has 40 heavy (non-hydrogen) atoms. The number of hydrogen-bond acceptors (Lipinski definition) is 6. The van der Waals surface area contributed by atoms with Gasteiger partial charge in [-0.15, -0.1) is 0 Å². The Morgan fingerprint density at radius 3 is 2.30 bits per heavy atom. The number of carboxylic acids is 1. The Morgan fingerprint density at radius 1 is 1.12 bits per heavy atom. The summed E-state index contributed by atoms with van der Waals surface area (Å²) in [7, 11) is 1.60. The summed E-state index contributed by atoms with van der Waals surface area (Å²) in [6, 6.07) is 8.80. The lowest BCUT2D eigenvalue weighted by molar-refractivity contribution is -0.137. The van der Waals surface area contributed by atoms with Crippen molar-refractivity contribution < 1.29 is 27.8 Å². The van der Waals surface area contributed by atoms with Gasteiger partial charge in [0.2, 0.25) is 5.82 Å². The highest BCUT2D eigenvalue weighted by Gasteiger charge is 2.30. The number of methoxy groups -OCH3 is 1.